The Balaban J connectivity index is 1.02. The van der Waals surface area contributed by atoms with Gasteiger partial charge in [0, 0.05) is 37.2 Å². The van der Waals surface area contributed by atoms with Gasteiger partial charge in [0.15, 0.2) is 23.9 Å². The van der Waals surface area contributed by atoms with Crippen molar-refractivity contribution in [1.82, 2.24) is 9.80 Å². The number of esters is 1. The molecule has 14 heteroatoms. The van der Waals surface area contributed by atoms with Crippen molar-refractivity contribution in [3.63, 3.8) is 0 Å². The summed E-state index contributed by atoms with van der Waals surface area (Å²) in [7, 11) is 3.05. The number of aromatic amines is 1. The van der Waals surface area contributed by atoms with E-state index in [1.54, 1.807) is 78.0 Å². The third kappa shape index (κ3) is 8.51. The van der Waals surface area contributed by atoms with E-state index in [4.69, 9.17) is 42.1 Å². The molecular weight excluding hydrogens is 750 g/mol. The standard InChI is InChI=1S/C41H41Cl2FN4O7/c1-52-35-11-10-27(17-37(35)53-2)36(18-30-31(42)19-45-20-32(30)43)54-40(50)29-22-47(23-29)39(49)28-7-5-6-25(16-28)21-48(34-9-4-3-8-33(34)44)41(51)55-38-24-46-14-12-26(38)13-15-46/h3-11,16-17,19-20,26,29,36,38H,12-15,18,21-24H2,1-2H3/p+1/t36-,38-/m0/s1. The van der Waals surface area contributed by atoms with E-state index in [1.807, 2.05) is 0 Å². The van der Waals surface area contributed by atoms with Crippen LogP contribution in [0.1, 0.15) is 46.0 Å². The smallest absolute Gasteiger partial charge is 0.415 e. The highest BCUT2D eigenvalue weighted by Crippen LogP contribution is 2.36. The van der Waals surface area contributed by atoms with E-state index in [1.165, 1.54) is 25.2 Å². The van der Waals surface area contributed by atoms with E-state index in [2.05, 4.69) is 9.88 Å². The molecule has 288 valence electrons. The van der Waals surface area contributed by atoms with Gasteiger partial charge < -0.3 is 23.8 Å². The van der Waals surface area contributed by atoms with Crippen molar-refractivity contribution in [3.05, 3.63) is 117 Å². The van der Waals surface area contributed by atoms with Gasteiger partial charge in [-0.2, -0.15) is 0 Å². The number of aromatic nitrogens is 1. The molecule has 4 aliphatic heterocycles. The van der Waals surface area contributed by atoms with Crippen LogP contribution in [-0.2, 0) is 27.2 Å². The number of carbonyl (C=O) groups excluding carboxylic acids is 3. The number of amides is 2. The van der Waals surface area contributed by atoms with Crippen LogP contribution in [0.4, 0.5) is 14.9 Å². The fourth-order valence-corrected chi connectivity index (χ4v) is 8.02. The average molecular weight is 793 g/mol. The van der Waals surface area contributed by atoms with Crippen LogP contribution in [0.15, 0.2) is 79.1 Å². The van der Waals surface area contributed by atoms with Crippen molar-refractivity contribution in [2.24, 2.45) is 11.8 Å². The number of carbonyl (C=O) groups is 3. The fourth-order valence-electron chi connectivity index (χ4n) is 7.49. The Labute approximate surface area is 328 Å². The highest BCUT2D eigenvalue weighted by Gasteiger charge is 2.40. The lowest BCUT2D eigenvalue weighted by Gasteiger charge is -2.44. The molecule has 3 aromatic carbocycles. The van der Waals surface area contributed by atoms with Gasteiger partial charge in [0.2, 0.25) is 0 Å². The van der Waals surface area contributed by atoms with Crippen LogP contribution in [0.2, 0.25) is 10.0 Å². The molecule has 1 aromatic heterocycles. The maximum Gasteiger partial charge on any atom is 0.415 e. The quantitative estimate of drug-likeness (QED) is 0.144. The van der Waals surface area contributed by atoms with Crippen LogP contribution < -0.4 is 19.4 Å². The molecule has 5 heterocycles. The number of pyridine rings is 1. The van der Waals surface area contributed by atoms with Crippen LogP contribution in [0, 0.1) is 17.7 Å². The number of piperidine rings is 3. The number of ether oxygens (including phenoxy) is 4. The van der Waals surface area contributed by atoms with Crippen molar-refractivity contribution < 1.29 is 42.7 Å². The van der Waals surface area contributed by atoms with Gasteiger partial charge in [-0.05, 0) is 79.4 Å². The van der Waals surface area contributed by atoms with Gasteiger partial charge in [0.25, 0.3) is 5.91 Å². The Morgan fingerprint density at radius 2 is 1.64 bits per heavy atom. The predicted octanol–water partition coefficient (Wildman–Crippen LogP) is 6.80. The summed E-state index contributed by atoms with van der Waals surface area (Å²) in [5, 5.41) is 0.777. The number of para-hydroxylation sites is 1. The summed E-state index contributed by atoms with van der Waals surface area (Å²) < 4.78 is 38.1. The van der Waals surface area contributed by atoms with Crippen LogP contribution in [0.25, 0.3) is 0 Å². The summed E-state index contributed by atoms with van der Waals surface area (Å²) in [6.07, 6.45) is 3.65. The van der Waals surface area contributed by atoms with Gasteiger partial charge in [-0.3, -0.25) is 19.4 Å². The Kier molecular flexibility index (Phi) is 11.8. The molecule has 0 unspecified atom stereocenters. The number of hydrogen-bond acceptors (Lipinski definition) is 8. The molecule has 8 rings (SSSR count). The highest BCUT2D eigenvalue weighted by atomic mass is 35.5. The molecule has 4 saturated heterocycles. The minimum Gasteiger partial charge on any atom is -0.493 e. The molecule has 1 N–H and O–H groups in total. The second-order valence-corrected chi connectivity index (χ2v) is 14.9. The number of halogens is 3. The third-order valence-electron chi connectivity index (χ3n) is 10.7. The SMILES string of the molecule is COc1ccc([C@H](Cc2c(Cl)c[nH+]cc2Cl)OC(=O)C2CN(C(=O)c3cccc(CN(C(=O)O[C@H]4CN5CCC4CC5)c4ccccc4F)c3)C2)cc1OC. The van der Waals surface area contributed by atoms with Crippen molar-refractivity contribution in [3.8, 4) is 11.5 Å². The number of anilines is 1. The molecule has 11 nitrogen and oxygen atoms in total. The monoisotopic (exact) mass is 791 g/mol. The number of fused-ring (bicyclic) bond motifs is 3. The van der Waals surface area contributed by atoms with Crippen molar-refractivity contribution >= 4 is 46.9 Å². The minimum absolute atomic E-state index is 0.0120. The molecule has 2 atom stereocenters. The maximum absolute atomic E-state index is 15.1. The first-order chi connectivity index (χ1) is 26.6. The molecule has 2 bridgehead atoms. The van der Waals surface area contributed by atoms with Crippen LogP contribution >= 0.6 is 23.2 Å². The molecule has 0 saturated carbocycles. The van der Waals surface area contributed by atoms with Crippen LogP contribution in [-0.4, -0.2) is 80.8 Å². The van der Waals surface area contributed by atoms with Gasteiger partial charge in [0.05, 0.1) is 32.4 Å². The van der Waals surface area contributed by atoms with Crippen LogP contribution in [0.5, 0.6) is 11.5 Å². The second kappa shape index (κ2) is 16.8. The number of nitrogens with zero attached hydrogens (tertiary/aromatic N) is 3. The summed E-state index contributed by atoms with van der Waals surface area (Å²) in [4.78, 5) is 48.9. The Morgan fingerprint density at radius 1 is 0.909 bits per heavy atom. The molecule has 0 aliphatic carbocycles. The van der Waals surface area contributed by atoms with Gasteiger partial charge in [-0.1, -0.05) is 53.5 Å². The third-order valence-corrected chi connectivity index (χ3v) is 11.3. The first kappa shape index (κ1) is 38.4. The number of methoxy groups -OCH3 is 2. The van der Waals surface area contributed by atoms with Gasteiger partial charge in [-0.15, -0.1) is 0 Å². The fraction of sp³-hybridized carbons (Fsp3) is 0.366. The van der Waals surface area contributed by atoms with Gasteiger partial charge in [-0.25, -0.2) is 14.2 Å². The molecule has 4 aromatic rings. The number of likely N-dealkylation sites (tertiary alicyclic amines) is 1. The molecule has 4 aliphatic rings. The molecule has 0 spiro atoms. The Bertz CT molecular complexity index is 2040. The van der Waals surface area contributed by atoms with E-state index in [9.17, 15) is 14.4 Å². The zero-order valence-electron chi connectivity index (χ0n) is 30.5. The van der Waals surface area contributed by atoms with Crippen molar-refractivity contribution in [2.75, 3.05) is 51.8 Å². The van der Waals surface area contributed by atoms with E-state index in [0.29, 0.717) is 50.3 Å². The molecule has 2 amide bonds. The lowest BCUT2D eigenvalue weighted by Crippen LogP contribution is -2.53. The van der Waals surface area contributed by atoms with Crippen molar-refractivity contribution in [2.45, 2.75) is 38.0 Å². The van der Waals surface area contributed by atoms with Crippen molar-refractivity contribution in [1.29, 1.82) is 0 Å². The maximum atomic E-state index is 15.1. The number of hydrogen-bond donors (Lipinski definition) is 0. The first-order valence-corrected chi connectivity index (χ1v) is 19.0. The largest absolute Gasteiger partial charge is 0.493 e. The zero-order valence-corrected chi connectivity index (χ0v) is 32.0. The normalized spacial score (nSPS) is 19.6. The van der Waals surface area contributed by atoms with E-state index in [-0.39, 0.29) is 49.7 Å². The van der Waals surface area contributed by atoms with Gasteiger partial charge >= 0.3 is 12.1 Å². The molecular formula is C41H42Cl2FN4O7+. The molecule has 55 heavy (non-hydrogen) atoms. The Morgan fingerprint density at radius 3 is 2.31 bits per heavy atom. The summed E-state index contributed by atoms with van der Waals surface area (Å²) in [6.45, 7) is 2.94. The number of benzene rings is 3. The Hall–Kier alpha value is -4.91. The highest BCUT2D eigenvalue weighted by molar-refractivity contribution is 6.35. The van der Waals surface area contributed by atoms with Crippen LogP contribution in [0.3, 0.4) is 0 Å². The second-order valence-electron chi connectivity index (χ2n) is 14.1. The van der Waals surface area contributed by atoms with Gasteiger partial charge in [0.1, 0.15) is 28.1 Å². The summed E-state index contributed by atoms with van der Waals surface area (Å²) in [5.74, 6) is -0.619. The first-order valence-electron chi connectivity index (χ1n) is 18.2. The van der Waals surface area contributed by atoms with E-state index in [0.717, 1.165) is 25.9 Å². The summed E-state index contributed by atoms with van der Waals surface area (Å²) >= 11 is 12.9. The molecule has 0 radical (unpaired) electrons. The van der Waals surface area contributed by atoms with E-state index >= 15 is 4.39 Å². The summed E-state index contributed by atoms with van der Waals surface area (Å²) in [5.41, 5.74) is 2.32. The summed E-state index contributed by atoms with van der Waals surface area (Å²) in [6, 6.07) is 18.2. The topological polar surface area (TPSA) is 112 Å². The number of rotatable bonds is 12. The van der Waals surface area contributed by atoms with E-state index < -0.39 is 29.9 Å². The number of H-pyrrole nitrogens is 1. The predicted molar refractivity (Wildman–Crippen MR) is 203 cm³/mol. The molecule has 4 fully saturated rings. The minimum atomic E-state index is -0.777. The number of nitrogens with one attached hydrogen (secondary N) is 1. The zero-order chi connectivity index (χ0) is 38.6. The average Bonchev–Trinajstić information content (AvgIpc) is 3.18. The lowest BCUT2D eigenvalue weighted by atomic mass is 9.86. The lowest BCUT2D eigenvalue weighted by molar-refractivity contribution is -0.377.